The maximum Gasteiger partial charge on any atom is 0.273 e. The normalized spacial score (nSPS) is 13.2. The molecule has 0 aliphatic rings. The first-order valence-electron chi connectivity index (χ1n) is 6.09. The second-order valence-electron chi connectivity index (χ2n) is 4.67. The molecule has 0 amide bonds. The highest BCUT2D eigenvalue weighted by Crippen LogP contribution is 2.27. The van der Waals surface area contributed by atoms with Gasteiger partial charge in [0.2, 0.25) is 0 Å². The van der Waals surface area contributed by atoms with Crippen molar-refractivity contribution in [2.75, 3.05) is 7.05 Å². The van der Waals surface area contributed by atoms with Crippen LogP contribution in [-0.2, 0) is 0 Å². The molecule has 1 aromatic carbocycles. The maximum atomic E-state index is 11.0. The van der Waals surface area contributed by atoms with Crippen molar-refractivity contribution in [3.8, 4) is 0 Å². The van der Waals surface area contributed by atoms with Gasteiger partial charge in [-0.05, 0) is 25.5 Å². The van der Waals surface area contributed by atoms with Crippen molar-refractivity contribution in [3.63, 3.8) is 0 Å². The molecule has 1 N–H and O–H groups in total. The van der Waals surface area contributed by atoms with Crippen LogP contribution in [0.1, 0.15) is 37.8 Å². The predicted octanol–water partition coefficient (Wildman–Crippen LogP) is 3.34. The van der Waals surface area contributed by atoms with E-state index in [-0.39, 0.29) is 22.6 Å². The van der Waals surface area contributed by atoms with E-state index in [4.69, 9.17) is 0 Å². The second kappa shape index (κ2) is 6.31. The Labute approximate surface area is 108 Å². The first-order valence-corrected chi connectivity index (χ1v) is 6.09. The van der Waals surface area contributed by atoms with Crippen LogP contribution in [0, 0.1) is 10.1 Å². The minimum atomic E-state index is -0.311. The minimum absolute atomic E-state index is 0.152. The lowest BCUT2D eigenvalue weighted by atomic mass is 9.99. The zero-order chi connectivity index (χ0) is 13.7. The molecule has 1 unspecified atom stereocenters. The third-order valence-electron chi connectivity index (χ3n) is 2.91. The van der Waals surface area contributed by atoms with E-state index < -0.39 is 0 Å². The molecule has 0 aromatic heterocycles. The Balaban J connectivity index is 3.08. The van der Waals surface area contributed by atoms with Gasteiger partial charge in [-0.1, -0.05) is 38.1 Å². The van der Waals surface area contributed by atoms with Gasteiger partial charge in [0.15, 0.2) is 0 Å². The summed E-state index contributed by atoms with van der Waals surface area (Å²) in [6, 6.07) is 5.64. The number of hydrogen-bond donors (Lipinski definition) is 1. The highest BCUT2D eigenvalue weighted by Gasteiger charge is 2.16. The summed E-state index contributed by atoms with van der Waals surface area (Å²) in [5.41, 5.74) is 1.83. The second-order valence-corrected chi connectivity index (χ2v) is 4.67. The van der Waals surface area contributed by atoms with Crippen LogP contribution in [-0.4, -0.2) is 18.0 Å². The van der Waals surface area contributed by atoms with E-state index in [0.717, 1.165) is 11.1 Å². The molecule has 0 aliphatic heterocycles. The molecule has 4 nitrogen and oxygen atoms in total. The predicted molar refractivity (Wildman–Crippen MR) is 74.7 cm³/mol. The van der Waals surface area contributed by atoms with Gasteiger partial charge in [-0.3, -0.25) is 10.1 Å². The van der Waals surface area contributed by atoms with Crippen molar-refractivity contribution < 1.29 is 4.92 Å². The third kappa shape index (κ3) is 3.67. The van der Waals surface area contributed by atoms with Crippen molar-refractivity contribution in [2.24, 2.45) is 0 Å². The van der Waals surface area contributed by atoms with Gasteiger partial charge in [0.05, 0.1) is 4.92 Å². The number of benzene rings is 1. The fourth-order valence-electron chi connectivity index (χ4n) is 1.66. The first kappa shape index (κ1) is 14.4. The van der Waals surface area contributed by atoms with Crippen LogP contribution < -0.4 is 5.32 Å². The first-order chi connectivity index (χ1) is 8.45. The summed E-state index contributed by atoms with van der Waals surface area (Å²) >= 11 is 0. The molecule has 0 heterocycles. The van der Waals surface area contributed by atoms with Crippen molar-refractivity contribution >= 4 is 11.8 Å². The van der Waals surface area contributed by atoms with Gasteiger partial charge in [-0.2, -0.15) is 0 Å². The van der Waals surface area contributed by atoms with E-state index >= 15 is 0 Å². The zero-order valence-electron chi connectivity index (χ0n) is 11.3. The summed E-state index contributed by atoms with van der Waals surface area (Å²) in [5, 5.41) is 14.1. The van der Waals surface area contributed by atoms with Crippen LogP contribution in [0.3, 0.4) is 0 Å². The SMILES string of the molecule is CNC(C)/C=C/c1ccc(C(C)C)c([N+](=O)[O-])c1. The van der Waals surface area contributed by atoms with Gasteiger partial charge < -0.3 is 5.32 Å². The molecule has 0 spiro atoms. The largest absolute Gasteiger partial charge is 0.314 e. The molecule has 0 aliphatic carbocycles. The Hall–Kier alpha value is -1.68. The molecule has 1 atom stereocenters. The van der Waals surface area contributed by atoms with Crippen LogP contribution in [0.25, 0.3) is 6.08 Å². The van der Waals surface area contributed by atoms with E-state index in [1.54, 1.807) is 6.07 Å². The molecule has 0 bridgehead atoms. The Kier molecular flexibility index (Phi) is 5.04. The Morgan fingerprint density at radius 1 is 1.33 bits per heavy atom. The van der Waals surface area contributed by atoms with Crippen molar-refractivity contribution in [2.45, 2.75) is 32.7 Å². The molecular weight excluding hydrogens is 228 g/mol. The summed E-state index contributed by atoms with van der Waals surface area (Å²) in [6.07, 6.45) is 3.88. The molecule has 0 saturated carbocycles. The molecule has 98 valence electrons. The molecule has 18 heavy (non-hydrogen) atoms. The number of nitrogens with zero attached hydrogens (tertiary/aromatic N) is 1. The maximum absolute atomic E-state index is 11.0. The smallest absolute Gasteiger partial charge is 0.273 e. The van der Waals surface area contributed by atoms with E-state index in [0.29, 0.717) is 0 Å². The molecule has 0 fully saturated rings. The summed E-state index contributed by atoms with van der Waals surface area (Å²) in [7, 11) is 1.87. The van der Waals surface area contributed by atoms with E-state index in [1.165, 1.54) is 0 Å². The fraction of sp³-hybridized carbons (Fsp3) is 0.429. The van der Waals surface area contributed by atoms with E-state index in [1.807, 2.05) is 52.1 Å². The average Bonchev–Trinajstić information content (AvgIpc) is 2.35. The molecule has 0 radical (unpaired) electrons. The van der Waals surface area contributed by atoms with Gasteiger partial charge in [0.1, 0.15) is 0 Å². The van der Waals surface area contributed by atoms with Gasteiger partial charge in [0, 0.05) is 17.7 Å². The van der Waals surface area contributed by atoms with Crippen LogP contribution in [0.4, 0.5) is 5.69 Å². The van der Waals surface area contributed by atoms with Gasteiger partial charge in [-0.15, -0.1) is 0 Å². The van der Waals surface area contributed by atoms with Crippen molar-refractivity contribution in [1.29, 1.82) is 0 Å². The van der Waals surface area contributed by atoms with Crippen LogP contribution in [0.2, 0.25) is 0 Å². The molecule has 4 heteroatoms. The zero-order valence-corrected chi connectivity index (χ0v) is 11.3. The number of hydrogen-bond acceptors (Lipinski definition) is 3. The molecule has 0 saturated heterocycles. The van der Waals surface area contributed by atoms with Crippen LogP contribution in [0.15, 0.2) is 24.3 Å². The minimum Gasteiger partial charge on any atom is -0.314 e. The van der Waals surface area contributed by atoms with Gasteiger partial charge in [-0.25, -0.2) is 0 Å². The monoisotopic (exact) mass is 248 g/mol. The lowest BCUT2D eigenvalue weighted by Crippen LogP contribution is -2.17. The fourth-order valence-corrected chi connectivity index (χ4v) is 1.66. The number of nitro benzene ring substituents is 1. The van der Waals surface area contributed by atoms with Gasteiger partial charge >= 0.3 is 0 Å². The van der Waals surface area contributed by atoms with Gasteiger partial charge in [0.25, 0.3) is 5.69 Å². The Morgan fingerprint density at radius 3 is 2.50 bits per heavy atom. The van der Waals surface area contributed by atoms with E-state index in [9.17, 15) is 10.1 Å². The average molecular weight is 248 g/mol. The summed E-state index contributed by atoms with van der Waals surface area (Å²) in [5.74, 6) is 0.152. The summed E-state index contributed by atoms with van der Waals surface area (Å²) in [6.45, 7) is 5.94. The standard InChI is InChI=1S/C14H20N2O2/c1-10(2)13-8-7-12(6-5-11(3)15-4)9-14(13)16(17)18/h5-11,15H,1-4H3/b6-5+. The number of nitrogens with one attached hydrogen (secondary N) is 1. The Bertz CT molecular complexity index is 453. The number of likely N-dealkylation sites (N-methyl/N-ethyl adjacent to an activating group) is 1. The summed E-state index contributed by atoms with van der Waals surface area (Å²) in [4.78, 5) is 10.7. The molecular formula is C14H20N2O2. The lowest BCUT2D eigenvalue weighted by Gasteiger charge is -2.07. The van der Waals surface area contributed by atoms with Crippen LogP contribution >= 0.6 is 0 Å². The number of rotatable bonds is 5. The quantitative estimate of drug-likeness (QED) is 0.642. The van der Waals surface area contributed by atoms with Crippen molar-refractivity contribution in [3.05, 3.63) is 45.5 Å². The van der Waals surface area contributed by atoms with Crippen molar-refractivity contribution in [1.82, 2.24) is 5.32 Å². The lowest BCUT2D eigenvalue weighted by molar-refractivity contribution is -0.385. The topological polar surface area (TPSA) is 55.2 Å². The number of nitro groups is 1. The van der Waals surface area contributed by atoms with E-state index in [2.05, 4.69) is 5.32 Å². The molecule has 1 aromatic rings. The Morgan fingerprint density at radius 2 is 2.00 bits per heavy atom. The highest BCUT2D eigenvalue weighted by atomic mass is 16.6. The van der Waals surface area contributed by atoms with Crippen LogP contribution in [0.5, 0.6) is 0 Å². The highest BCUT2D eigenvalue weighted by molar-refractivity contribution is 5.57. The molecule has 1 rings (SSSR count). The summed E-state index contributed by atoms with van der Waals surface area (Å²) < 4.78 is 0. The third-order valence-corrected chi connectivity index (χ3v) is 2.91.